The summed E-state index contributed by atoms with van der Waals surface area (Å²) in [4.78, 5) is 13.6. The summed E-state index contributed by atoms with van der Waals surface area (Å²) in [5, 5.41) is 9.70. The Kier molecular flexibility index (Phi) is 4.70. The monoisotopic (exact) mass is 231 g/mol. The molecule has 1 aliphatic rings. The molecule has 0 aromatic rings. The van der Waals surface area contributed by atoms with E-state index in [1.54, 1.807) is 18.7 Å². The maximum atomic E-state index is 12.0. The number of rotatable bonds is 4. The third-order valence-electron chi connectivity index (χ3n) is 2.36. The third kappa shape index (κ3) is 4.08. The van der Waals surface area contributed by atoms with E-state index in [1.807, 2.05) is 6.92 Å². The molecule has 1 atom stereocenters. The minimum Gasteiger partial charge on any atom is -0.389 e. The van der Waals surface area contributed by atoms with Crippen molar-refractivity contribution in [2.45, 2.75) is 32.5 Å². The molecule has 16 heavy (non-hydrogen) atoms. The van der Waals surface area contributed by atoms with Crippen LogP contribution in [0.3, 0.4) is 0 Å². The first-order valence-electron chi connectivity index (χ1n) is 5.64. The Morgan fingerprint density at radius 1 is 1.50 bits per heavy atom. The second-order valence-electron chi connectivity index (χ2n) is 4.60. The van der Waals surface area contributed by atoms with Crippen molar-refractivity contribution in [1.82, 2.24) is 4.90 Å². The van der Waals surface area contributed by atoms with Crippen LogP contribution in [0.15, 0.2) is 0 Å². The number of likely N-dealkylation sites (N-methyl/N-ethyl adjacent to an activating group) is 1. The molecule has 1 aliphatic heterocycles. The summed E-state index contributed by atoms with van der Waals surface area (Å²) in [6.07, 6.45) is -0.518. The van der Waals surface area contributed by atoms with Crippen LogP contribution in [0.1, 0.15) is 20.8 Å². The second-order valence-corrected chi connectivity index (χ2v) is 4.60. The van der Waals surface area contributed by atoms with Crippen LogP contribution < -0.4 is 0 Å². The van der Waals surface area contributed by atoms with E-state index in [9.17, 15) is 9.90 Å². The highest BCUT2D eigenvalue weighted by Crippen LogP contribution is 2.10. The van der Waals surface area contributed by atoms with Crippen molar-refractivity contribution in [1.29, 1.82) is 0 Å². The standard InChI is InChI=1S/C11H21NO4/c1-4-12(8-11(2,3)14)10(13)9-7-15-5-6-16-9/h9,14H,4-8H2,1-3H3. The molecule has 0 aliphatic carbocycles. The maximum absolute atomic E-state index is 12.0. The lowest BCUT2D eigenvalue weighted by Gasteiger charge is -2.32. The quantitative estimate of drug-likeness (QED) is 0.741. The highest BCUT2D eigenvalue weighted by molar-refractivity contribution is 5.81. The molecular weight excluding hydrogens is 210 g/mol. The molecule has 1 amide bonds. The molecule has 1 N–H and O–H groups in total. The van der Waals surface area contributed by atoms with Gasteiger partial charge in [0.1, 0.15) is 0 Å². The zero-order valence-corrected chi connectivity index (χ0v) is 10.2. The van der Waals surface area contributed by atoms with E-state index >= 15 is 0 Å². The van der Waals surface area contributed by atoms with Gasteiger partial charge in [-0.2, -0.15) is 0 Å². The minimum absolute atomic E-state index is 0.107. The summed E-state index contributed by atoms with van der Waals surface area (Å²) < 4.78 is 10.5. The van der Waals surface area contributed by atoms with E-state index in [2.05, 4.69) is 0 Å². The minimum atomic E-state index is -0.888. The van der Waals surface area contributed by atoms with Crippen LogP contribution in [0.25, 0.3) is 0 Å². The molecule has 1 fully saturated rings. The largest absolute Gasteiger partial charge is 0.389 e. The Labute approximate surface area is 96.3 Å². The predicted molar refractivity (Wildman–Crippen MR) is 59.1 cm³/mol. The van der Waals surface area contributed by atoms with Gasteiger partial charge in [-0.25, -0.2) is 0 Å². The molecular formula is C11H21NO4. The molecule has 94 valence electrons. The molecule has 5 heteroatoms. The lowest BCUT2D eigenvalue weighted by Crippen LogP contribution is -2.49. The van der Waals surface area contributed by atoms with Crippen molar-refractivity contribution in [2.24, 2.45) is 0 Å². The SMILES string of the molecule is CCN(CC(C)(C)O)C(=O)C1COCCO1. The normalized spacial score (nSPS) is 21.9. The number of amides is 1. The number of aliphatic hydroxyl groups is 1. The van der Waals surface area contributed by atoms with Crippen molar-refractivity contribution < 1.29 is 19.4 Å². The average molecular weight is 231 g/mol. The first-order chi connectivity index (χ1) is 7.44. The number of nitrogens with zero attached hydrogens (tertiary/aromatic N) is 1. The Bertz CT molecular complexity index is 231. The lowest BCUT2D eigenvalue weighted by molar-refractivity contribution is -0.160. The smallest absolute Gasteiger partial charge is 0.254 e. The van der Waals surface area contributed by atoms with Gasteiger partial charge in [0, 0.05) is 13.1 Å². The highest BCUT2D eigenvalue weighted by Gasteiger charge is 2.29. The van der Waals surface area contributed by atoms with Gasteiger partial charge in [0.05, 0.1) is 25.4 Å². The van der Waals surface area contributed by atoms with E-state index in [4.69, 9.17) is 9.47 Å². The van der Waals surface area contributed by atoms with Gasteiger partial charge in [-0.3, -0.25) is 4.79 Å². The molecule has 1 heterocycles. The second kappa shape index (κ2) is 5.61. The first-order valence-corrected chi connectivity index (χ1v) is 5.64. The number of hydrogen-bond donors (Lipinski definition) is 1. The van der Waals surface area contributed by atoms with Crippen LogP contribution in [0.5, 0.6) is 0 Å². The lowest BCUT2D eigenvalue weighted by atomic mass is 10.1. The van der Waals surface area contributed by atoms with Gasteiger partial charge >= 0.3 is 0 Å². The van der Waals surface area contributed by atoms with Crippen molar-refractivity contribution in [3.63, 3.8) is 0 Å². The van der Waals surface area contributed by atoms with Gasteiger partial charge in [0.2, 0.25) is 0 Å². The molecule has 1 unspecified atom stereocenters. The number of ether oxygens (including phenoxy) is 2. The van der Waals surface area contributed by atoms with E-state index in [-0.39, 0.29) is 5.91 Å². The number of carbonyl (C=O) groups excluding carboxylic acids is 1. The van der Waals surface area contributed by atoms with Crippen LogP contribution in [-0.4, -0.2) is 60.5 Å². The average Bonchev–Trinajstić information content (AvgIpc) is 2.25. The summed E-state index contributed by atoms with van der Waals surface area (Å²) >= 11 is 0. The first kappa shape index (κ1) is 13.4. The van der Waals surface area contributed by atoms with E-state index in [0.717, 1.165) is 0 Å². The van der Waals surface area contributed by atoms with Gasteiger partial charge in [0.25, 0.3) is 5.91 Å². The summed E-state index contributed by atoms with van der Waals surface area (Å²) in [6.45, 7) is 7.42. The fourth-order valence-corrected chi connectivity index (χ4v) is 1.65. The van der Waals surface area contributed by atoms with Gasteiger partial charge in [-0.1, -0.05) is 0 Å². The van der Waals surface area contributed by atoms with Gasteiger partial charge in [-0.15, -0.1) is 0 Å². The Balaban J connectivity index is 2.54. The number of hydrogen-bond acceptors (Lipinski definition) is 4. The van der Waals surface area contributed by atoms with Crippen molar-refractivity contribution >= 4 is 5.91 Å². The summed E-state index contributed by atoms with van der Waals surface area (Å²) in [5.74, 6) is -0.107. The summed E-state index contributed by atoms with van der Waals surface area (Å²) in [5.41, 5.74) is -0.888. The van der Waals surface area contributed by atoms with Crippen LogP contribution >= 0.6 is 0 Å². The van der Waals surface area contributed by atoms with Crippen LogP contribution in [0.2, 0.25) is 0 Å². The van der Waals surface area contributed by atoms with E-state index in [0.29, 0.717) is 32.9 Å². The maximum Gasteiger partial charge on any atom is 0.254 e. The molecule has 5 nitrogen and oxygen atoms in total. The Hall–Kier alpha value is -0.650. The zero-order valence-electron chi connectivity index (χ0n) is 10.2. The molecule has 1 saturated heterocycles. The molecule has 0 radical (unpaired) electrons. The summed E-state index contributed by atoms with van der Waals surface area (Å²) in [6, 6.07) is 0. The Morgan fingerprint density at radius 2 is 2.19 bits per heavy atom. The number of carbonyl (C=O) groups is 1. The van der Waals surface area contributed by atoms with Crippen molar-refractivity contribution in [3.05, 3.63) is 0 Å². The zero-order chi connectivity index (χ0) is 12.2. The van der Waals surface area contributed by atoms with Gasteiger partial charge < -0.3 is 19.5 Å². The van der Waals surface area contributed by atoms with Gasteiger partial charge in [-0.05, 0) is 20.8 Å². The van der Waals surface area contributed by atoms with Crippen LogP contribution in [0.4, 0.5) is 0 Å². The topological polar surface area (TPSA) is 59.0 Å². The van der Waals surface area contributed by atoms with Crippen molar-refractivity contribution in [3.8, 4) is 0 Å². The van der Waals surface area contributed by atoms with E-state index in [1.165, 1.54) is 0 Å². The predicted octanol–water partition coefficient (Wildman–Crippen LogP) is 0.0212. The van der Waals surface area contributed by atoms with Crippen LogP contribution in [-0.2, 0) is 14.3 Å². The molecule has 0 spiro atoms. The third-order valence-corrected chi connectivity index (χ3v) is 2.36. The molecule has 1 rings (SSSR count). The molecule has 0 aromatic heterocycles. The summed E-state index contributed by atoms with van der Waals surface area (Å²) in [7, 11) is 0. The molecule has 0 aromatic carbocycles. The highest BCUT2D eigenvalue weighted by atomic mass is 16.6. The Morgan fingerprint density at radius 3 is 2.62 bits per heavy atom. The fraction of sp³-hybridized carbons (Fsp3) is 0.909. The van der Waals surface area contributed by atoms with Gasteiger partial charge in [0.15, 0.2) is 6.10 Å². The van der Waals surface area contributed by atoms with Crippen LogP contribution in [0, 0.1) is 0 Å². The molecule has 0 saturated carbocycles. The molecule has 0 bridgehead atoms. The van der Waals surface area contributed by atoms with Crippen molar-refractivity contribution in [2.75, 3.05) is 32.9 Å². The van der Waals surface area contributed by atoms with E-state index < -0.39 is 11.7 Å². The fourth-order valence-electron chi connectivity index (χ4n) is 1.65.